The van der Waals surface area contributed by atoms with E-state index in [0.29, 0.717) is 52.4 Å². The number of hydrogen-bond donors (Lipinski definition) is 5. The third-order valence-electron chi connectivity index (χ3n) is 6.08. The Morgan fingerprint density at radius 1 is 0.658 bits per heavy atom. The first-order chi connectivity index (χ1) is 17.7. The summed E-state index contributed by atoms with van der Waals surface area (Å²) in [6.45, 7) is 9.31. The predicted octanol–water partition coefficient (Wildman–Crippen LogP) is -1.87. The summed E-state index contributed by atoms with van der Waals surface area (Å²) in [5.41, 5.74) is -0.702. The van der Waals surface area contributed by atoms with Crippen LogP contribution in [0.5, 0.6) is 0 Å². The highest BCUT2D eigenvalue weighted by Crippen LogP contribution is 2.04. The summed E-state index contributed by atoms with van der Waals surface area (Å²) in [5, 5.41) is 33.6. The van der Waals surface area contributed by atoms with Gasteiger partial charge in [-0.05, 0) is 13.8 Å². The number of carboxylic acids is 3. The number of carbonyl (C=O) groups is 5. The van der Waals surface area contributed by atoms with Gasteiger partial charge in [0.05, 0.1) is 31.7 Å². The zero-order valence-corrected chi connectivity index (χ0v) is 22.9. The van der Waals surface area contributed by atoms with Crippen LogP contribution in [0, 0.1) is 5.92 Å². The molecule has 1 saturated heterocycles. The van der Waals surface area contributed by atoms with E-state index in [1.165, 1.54) is 0 Å². The quantitative estimate of drug-likeness (QED) is 0.185. The molecule has 0 saturated carbocycles. The van der Waals surface area contributed by atoms with E-state index in [0.717, 1.165) is 0 Å². The zero-order chi connectivity index (χ0) is 28.9. The molecule has 5 N–H and O–H groups in total. The molecular formula is C24H44N6O8. The van der Waals surface area contributed by atoms with Gasteiger partial charge in [-0.2, -0.15) is 0 Å². The average Bonchev–Trinajstić information content (AvgIpc) is 2.77. The SMILES string of the molecule is CC(C)C(=O)NCC(C)(C)NC(=O)CN1CCN(CC(=O)O)CCN(CC(=O)O)CCN(CC(=O)O)CC1. The Bertz CT molecular complexity index is 790. The number of nitrogens with one attached hydrogen (secondary N) is 2. The summed E-state index contributed by atoms with van der Waals surface area (Å²) in [5.74, 6) is -3.61. The number of carboxylic acid groups (broad SMARTS) is 3. The van der Waals surface area contributed by atoms with Crippen molar-refractivity contribution in [1.82, 2.24) is 30.2 Å². The van der Waals surface area contributed by atoms with Gasteiger partial charge in [0.1, 0.15) is 0 Å². The number of nitrogens with zero attached hydrogens (tertiary/aromatic N) is 4. The fourth-order valence-electron chi connectivity index (χ4n) is 3.96. The van der Waals surface area contributed by atoms with Crippen LogP contribution in [0.4, 0.5) is 0 Å². The Morgan fingerprint density at radius 2 is 0.974 bits per heavy atom. The van der Waals surface area contributed by atoms with Crippen molar-refractivity contribution in [3.05, 3.63) is 0 Å². The minimum absolute atomic E-state index is 0.00845. The van der Waals surface area contributed by atoms with E-state index in [1.54, 1.807) is 42.4 Å². The van der Waals surface area contributed by atoms with Gasteiger partial charge in [0, 0.05) is 64.8 Å². The van der Waals surface area contributed by atoms with E-state index in [2.05, 4.69) is 10.6 Å². The van der Waals surface area contributed by atoms with E-state index >= 15 is 0 Å². The molecule has 0 aliphatic carbocycles. The molecule has 14 nitrogen and oxygen atoms in total. The first kappa shape index (κ1) is 33.2. The van der Waals surface area contributed by atoms with Gasteiger partial charge in [0.25, 0.3) is 0 Å². The Balaban J connectivity index is 2.94. The molecule has 0 bridgehead atoms. The van der Waals surface area contributed by atoms with Crippen LogP contribution in [0.15, 0.2) is 0 Å². The molecule has 14 heteroatoms. The number of hydrogen-bond acceptors (Lipinski definition) is 9. The van der Waals surface area contributed by atoms with Crippen molar-refractivity contribution >= 4 is 29.7 Å². The molecule has 218 valence electrons. The first-order valence-corrected chi connectivity index (χ1v) is 12.8. The smallest absolute Gasteiger partial charge is 0.317 e. The van der Waals surface area contributed by atoms with Crippen molar-refractivity contribution < 1.29 is 39.3 Å². The maximum absolute atomic E-state index is 12.9. The number of aliphatic carboxylic acids is 3. The second kappa shape index (κ2) is 16.2. The molecule has 0 aromatic heterocycles. The van der Waals surface area contributed by atoms with Crippen molar-refractivity contribution in [2.75, 3.05) is 85.1 Å². The van der Waals surface area contributed by atoms with Gasteiger partial charge in [0.15, 0.2) is 0 Å². The van der Waals surface area contributed by atoms with Crippen LogP contribution in [0.25, 0.3) is 0 Å². The van der Waals surface area contributed by atoms with Crippen LogP contribution >= 0.6 is 0 Å². The molecule has 0 unspecified atom stereocenters. The molecule has 2 amide bonds. The highest BCUT2D eigenvalue weighted by molar-refractivity contribution is 5.80. The highest BCUT2D eigenvalue weighted by Gasteiger charge is 2.25. The molecule has 1 heterocycles. The topological polar surface area (TPSA) is 183 Å². The van der Waals surface area contributed by atoms with Crippen molar-refractivity contribution in [2.45, 2.75) is 33.2 Å². The molecule has 1 aliphatic heterocycles. The van der Waals surface area contributed by atoms with Crippen molar-refractivity contribution in [3.63, 3.8) is 0 Å². The van der Waals surface area contributed by atoms with E-state index in [4.69, 9.17) is 0 Å². The highest BCUT2D eigenvalue weighted by atomic mass is 16.4. The van der Waals surface area contributed by atoms with E-state index in [9.17, 15) is 39.3 Å². The molecule has 1 rings (SSSR count). The summed E-state index contributed by atoms with van der Waals surface area (Å²) in [6, 6.07) is 0. The Hall–Kier alpha value is -2.81. The lowest BCUT2D eigenvalue weighted by atomic mass is 10.0. The van der Waals surface area contributed by atoms with Crippen LogP contribution in [0.1, 0.15) is 27.7 Å². The standard InChI is InChI=1S/C24H44N6O8/c1-18(2)23(38)25-17-24(3,4)26-19(31)13-27-5-7-28(14-20(32)33)9-11-30(16-22(36)37)12-10-29(8-6-27)15-21(34)35/h18H,5-17H2,1-4H3,(H,25,38)(H,26,31)(H,32,33)(H,34,35)(H,36,37). The van der Waals surface area contributed by atoms with Gasteiger partial charge < -0.3 is 26.0 Å². The van der Waals surface area contributed by atoms with Gasteiger partial charge in [-0.3, -0.25) is 43.6 Å². The van der Waals surface area contributed by atoms with Gasteiger partial charge in [-0.25, -0.2) is 0 Å². The van der Waals surface area contributed by atoms with Gasteiger partial charge in [0.2, 0.25) is 11.8 Å². The molecule has 0 aromatic carbocycles. The van der Waals surface area contributed by atoms with E-state index in [1.807, 2.05) is 4.90 Å². The van der Waals surface area contributed by atoms with Gasteiger partial charge >= 0.3 is 17.9 Å². The lowest BCUT2D eigenvalue weighted by molar-refractivity contribution is -0.140. The largest absolute Gasteiger partial charge is 0.480 e. The second-order valence-electron chi connectivity index (χ2n) is 10.6. The molecular weight excluding hydrogens is 500 g/mol. The maximum Gasteiger partial charge on any atom is 0.317 e. The normalized spacial score (nSPS) is 17.8. The molecule has 1 aliphatic rings. The van der Waals surface area contributed by atoms with Crippen LogP contribution in [0.3, 0.4) is 0 Å². The minimum atomic E-state index is -1.02. The molecule has 0 radical (unpaired) electrons. The monoisotopic (exact) mass is 544 g/mol. The molecule has 0 spiro atoms. The lowest BCUT2D eigenvalue weighted by Gasteiger charge is -2.33. The molecule has 38 heavy (non-hydrogen) atoms. The summed E-state index contributed by atoms with van der Waals surface area (Å²) >= 11 is 0. The first-order valence-electron chi connectivity index (χ1n) is 12.8. The summed E-state index contributed by atoms with van der Waals surface area (Å²) < 4.78 is 0. The average molecular weight is 545 g/mol. The fourth-order valence-corrected chi connectivity index (χ4v) is 3.96. The van der Waals surface area contributed by atoms with Crippen molar-refractivity contribution in [1.29, 1.82) is 0 Å². The molecule has 0 atom stereocenters. The van der Waals surface area contributed by atoms with Gasteiger partial charge in [-0.1, -0.05) is 13.8 Å². The number of amides is 2. The fraction of sp³-hybridized carbons (Fsp3) is 0.792. The van der Waals surface area contributed by atoms with Crippen LogP contribution in [0.2, 0.25) is 0 Å². The summed E-state index contributed by atoms with van der Waals surface area (Å²) in [4.78, 5) is 65.8. The third kappa shape index (κ3) is 14.8. The van der Waals surface area contributed by atoms with Crippen molar-refractivity contribution in [3.8, 4) is 0 Å². The van der Waals surface area contributed by atoms with E-state index < -0.39 is 23.4 Å². The van der Waals surface area contributed by atoms with Crippen LogP contribution < -0.4 is 10.6 Å². The molecule has 1 fully saturated rings. The number of rotatable bonds is 12. The molecule has 0 aromatic rings. The zero-order valence-electron chi connectivity index (χ0n) is 22.9. The summed E-state index contributed by atoms with van der Waals surface area (Å²) in [6.07, 6.45) is 0. The minimum Gasteiger partial charge on any atom is -0.480 e. The number of carbonyl (C=O) groups excluding carboxylic acids is 2. The Kier molecular flexibility index (Phi) is 14.2. The van der Waals surface area contributed by atoms with E-state index in [-0.39, 0.29) is 50.5 Å². The maximum atomic E-state index is 12.9. The third-order valence-corrected chi connectivity index (χ3v) is 6.08. The van der Waals surface area contributed by atoms with Crippen LogP contribution in [-0.2, 0) is 24.0 Å². The predicted molar refractivity (Wildman–Crippen MR) is 139 cm³/mol. The van der Waals surface area contributed by atoms with Gasteiger partial charge in [-0.15, -0.1) is 0 Å². The summed E-state index contributed by atoms with van der Waals surface area (Å²) in [7, 11) is 0. The van der Waals surface area contributed by atoms with Crippen molar-refractivity contribution in [2.24, 2.45) is 5.92 Å². The van der Waals surface area contributed by atoms with Crippen LogP contribution in [-0.4, -0.2) is 155 Å². The Morgan fingerprint density at radius 3 is 1.26 bits per heavy atom. The Labute approximate surface area is 223 Å². The second-order valence-corrected chi connectivity index (χ2v) is 10.6. The lowest BCUT2D eigenvalue weighted by Crippen LogP contribution is -2.55.